The quantitative estimate of drug-likeness (QED) is 0.630. The number of aromatic nitrogens is 2. The van der Waals surface area contributed by atoms with E-state index in [1.54, 1.807) is 4.57 Å². The van der Waals surface area contributed by atoms with Crippen LogP contribution >= 0.6 is 0 Å². The summed E-state index contributed by atoms with van der Waals surface area (Å²) >= 11 is 0. The van der Waals surface area contributed by atoms with Gasteiger partial charge in [-0.3, -0.25) is 14.5 Å². The van der Waals surface area contributed by atoms with Gasteiger partial charge in [0.1, 0.15) is 6.04 Å². The number of para-hydroxylation sites is 2. The normalized spacial score (nSPS) is 30.9. The van der Waals surface area contributed by atoms with E-state index in [0.717, 1.165) is 19.3 Å². The molecule has 4 aliphatic rings. The maximum absolute atomic E-state index is 14.0. The number of carboxylic acid groups (broad SMARTS) is 1. The molecule has 3 N–H and O–H groups in total. The van der Waals surface area contributed by atoms with Gasteiger partial charge in [-0.15, -0.1) is 0 Å². The van der Waals surface area contributed by atoms with E-state index >= 15 is 0 Å². The molecule has 2 bridgehead atoms. The van der Waals surface area contributed by atoms with Gasteiger partial charge in [-0.25, -0.2) is 9.78 Å². The standard InChI is InChI=1S/C29H39N5O4/c30-29-15-14-20(34(29)19-9-4-2-1-3-5-10-19)17-21(18-29)33-23-12-7-6-11-22(23)31-25(27(33)36)26(35)32-16-8-13-24(32)28(37)38/h6-7,11-12,19-21,24H,1-5,8-10,13-18,30H2,(H,37,38)/t20-,21+,24?,29+/m0/s1. The Morgan fingerprint density at radius 1 is 0.947 bits per heavy atom. The maximum Gasteiger partial charge on any atom is 0.326 e. The van der Waals surface area contributed by atoms with Crippen LogP contribution in [0.4, 0.5) is 0 Å². The van der Waals surface area contributed by atoms with Crippen LogP contribution in [-0.2, 0) is 4.79 Å². The fraction of sp³-hybridized carbons (Fsp3) is 0.655. The van der Waals surface area contributed by atoms with E-state index in [1.165, 1.54) is 49.8 Å². The third-order valence-corrected chi connectivity index (χ3v) is 9.58. The van der Waals surface area contributed by atoms with Crippen LogP contribution in [0.5, 0.6) is 0 Å². The van der Waals surface area contributed by atoms with Gasteiger partial charge in [0.25, 0.3) is 11.5 Å². The second-order valence-corrected chi connectivity index (χ2v) is 11.9. The van der Waals surface area contributed by atoms with Gasteiger partial charge < -0.3 is 20.3 Å². The van der Waals surface area contributed by atoms with Gasteiger partial charge >= 0.3 is 5.97 Å². The number of piperidine rings is 1. The highest BCUT2D eigenvalue weighted by molar-refractivity contribution is 5.96. The van der Waals surface area contributed by atoms with Crippen LogP contribution in [0.15, 0.2) is 29.1 Å². The molecule has 0 radical (unpaired) electrons. The molecule has 9 heteroatoms. The summed E-state index contributed by atoms with van der Waals surface area (Å²) < 4.78 is 1.76. The number of hydrogen-bond acceptors (Lipinski definition) is 6. The summed E-state index contributed by atoms with van der Waals surface area (Å²) in [6.07, 6.45) is 13.2. The van der Waals surface area contributed by atoms with E-state index in [9.17, 15) is 19.5 Å². The number of hydrogen-bond donors (Lipinski definition) is 2. The van der Waals surface area contributed by atoms with Gasteiger partial charge in [0, 0.05) is 24.7 Å². The lowest BCUT2D eigenvalue weighted by Gasteiger charge is -2.50. The second-order valence-electron chi connectivity index (χ2n) is 11.9. The summed E-state index contributed by atoms with van der Waals surface area (Å²) in [4.78, 5) is 47.7. The number of benzene rings is 1. The van der Waals surface area contributed by atoms with Gasteiger partial charge in [0.15, 0.2) is 5.69 Å². The maximum atomic E-state index is 14.0. The number of likely N-dealkylation sites (tertiary alicyclic amines) is 1. The average Bonchev–Trinajstić information content (AvgIpc) is 3.44. The number of nitrogens with two attached hydrogens (primary N) is 1. The zero-order valence-electron chi connectivity index (χ0n) is 22.1. The van der Waals surface area contributed by atoms with Crippen molar-refractivity contribution in [2.75, 3.05) is 6.54 Å². The van der Waals surface area contributed by atoms with Gasteiger partial charge in [0.2, 0.25) is 0 Å². The van der Waals surface area contributed by atoms with Gasteiger partial charge in [-0.05, 0) is 63.5 Å². The van der Waals surface area contributed by atoms with Crippen LogP contribution in [0.2, 0.25) is 0 Å². The van der Waals surface area contributed by atoms with Crippen molar-refractivity contribution in [2.45, 2.75) is 113 Å². The summed E-state index contributed by atoms with van der Waals surface area (Å²) in [6, 6.07) is 7.20. The Bertz CT molecular complexity index is 1290. The minimum Gasteiger partial charge on any atom is -0.480 e. The van der Waals surface area contributed by atoms with Crippen LogP contribution in [0.3, 0.4) is 0 Å². The van der Waals surface area contributed by atoms with Crippen molar-refractivity contribution in [1.82, 2.24) is 19.4 Å². The Hall–Kier alpha value is -2.78. The van der Waals surface area contributed by atoms with E-state index in [1.807, 2.05) is 24.3 Å². The first kappa shape index (κ1) is 25.5. The molecule has 1 aliphatic carbocycles. The van der Waals surface area contributed by atoms with E-state index in [-0.39, 0.29) is 11.7 Å². The third kappa shape index (κ3) is 4.33. The minimum absolute atomic E-state index is 0.141. The summed E-state index contributed by atoms with van der Waals surface area (Å²) in [5.41, 5.74) is 7.39. The molecule has 2 aromatic rings. The Morgan fingerprint density at radius 2 is 1.68 bits per heavy atom. The highest BCUT2D eigenvalue weighted by Crippen LogP contribution is 2.48. The molecule has 204 valence electrons. The topological polar surface area (TPSA) is 122 Å². The monoisotopic (exact) mass is 521 g/mol. The number of rotatable bonds is 4. The molecule has 0 spiro atoms. The molecule has 1 aromatic heterocycles. The van der Waals surface area contributed by atoms with Gasteiger partial charge in [-0.2, -0.15) is 0 Å². The van der Waals surface area contributed by atoms with E-state index in [4.69, 9.17) is 5.73 Å². The number of carbonyl (C=O) groups is 2. The van der Waals surface area contributed by atoms with Crippen molar-refractivity contribution >= 4 is 22.9 Å². The smallest absolute Gasteiger partial charge is 0.326 e. The molecular weight excluding hydrogens is 482 g/mol. The van der Waals surface area contributed by atoms with Gasteiger partial charge in [-0.1, -0.05) is 44.2 Å². The van der Waals surface area contributed by atoms with Crippen molar-refractivity contribution in [3.05, 3.63) is 40.3 Å². The predicted molar refractivity (Wildman–Crippen MR) is 144 cm³/mol. The zero-order valence-corrected chi connectivity index (χ0v) is 22.1. The van der Waals surface area contributed by atoms with Crippen molar-refractivity contribution in [3.8, 4) is 0 Å². The van der Waals surface area contributed by atoms with Crippen molar-refractivity contribution in [2.24, 2.45) is 5.73 Å². The molecule has 3 saturated heterocycles. The fourth-order valence-corrected chi connectivity index (χ4v) is 7.92. The highest BCUT2D eigenvalue weighted by Gasteiger charge is 2.52. The molecule has 1 unspecified atom stereocenters. The minimum atomic E-state index is -1.04. The first-order chi connectivity index (χ1) is 18.4. The Labute approximate surface area is 223 Å². The molecular formula is C29H39N5O4. The molecule has 4 heterocycles. The number of carboxylic acids is 1. The van der Waals surface area contributed by atoms with Crippen LogP contribution in [0.1, 0.15) is 100 Å². The molecule has 1 aromatic carbocycles. The van der Waals surface area contributed by atoms with E-state index in [0.29, 0.717) is 48.9 Å². The second kappa shape index (κ2) is 10.1. The lowest BCUT2D eigenvalue weighted by atomic mass is 9.87. The largest absolute Gasteiger partial charge is 0.480 e. The summed E-state index contributed by atoms with van der Waals surface area (Å²) in [5, 5.41) is 9.62. The van der Waals surface area contributed by atoms with Crippen LogP contribution < -0.4 is 11.3 Å². The Balaban J connectivity index is 1.36. The molecule has 4 atom stereocenters. The Morgan fingerprint density at radius 3 is 2.42 bits per heavy atom. The third-order valence-electron chi connectivity index (χ3n) is 9.58. The van der Waals surface area contributed by atoms with Crippen molar-refractivity contribution in [3.63, 3.8) is 0 Å². The Kier molecular flexibility index (Phi) is 6.76. The lowest BCUT2D eigenvalue weighted by molar-refractivity contribution is -0.141. The number of carbonyl (C=O) groups excluding carboxylic acids is 1. The first-order valence-corrected chi connectivity index (χ1v) is 14.5. The van der Waals surface area contributed by atoms with E-state index < -0.39 is 29.1 Å². The average molecular weight is 522 g/mol. The zero-order chi connectivity index (χ0) is 26.4. The van der Waals surface area contributed by atoms with E-state index in [2.05, 4.69) is 9.88 Å². The molecule has 3 aliphatic heterocycles. The number of aliphatic carboxylic acids is 1. The van der Waals surface area contributed by atoms with Crippen LogP contribution in [-0.4, -0.2) is 66.7 Å². The lowest BCUT2D eigenvalue weighted by Crippen LogP contribution is -2.62. The summed E-state index contributed by atoms with van der Waals surface area (Å²) in [7, 11) is 0. The first-order valence-electron chi connectivity index (χ1n) is 14.5. The number of fused-ring (bicyclic) bond motifs is 3. The summed E-state index contributed by atoms with van der Waals surface area (Å²) in [6.45, 7) is 0.317. The molecule has 38 heavy (non-hydrogen) atoms. The molecule has 9 nitrogen and oxygen atoms in total. The van der Waals surface area contributed by atoms with Crippen LogP contribution in [0.25, 0.3) is 11.0 Å². The highest BCUT2D eigenvalue weighted by atomic mass is 16.4. The molecule has 1 saturated carbocycles. The SMILES string of the molecule is N[C@@]12CC[C@@H](C[C@@H](n3c(=O)c(C(=O)N4CCCC4C(=O)O)nc4ccccc43)C1)N2C1CCCCCCC1. The van der Waals surface area contributed by atoms with Crippen molar-refractivity contribution in [1.29, 1.82) is 0 Å². The van der Waals surface area contributed by atoms with Crippen molar-refractivity contribution < 1.29 is 14.7 Å². The predicted octanol–water partition coefficient (Wildman–Crippen LogP) is 3.65. The number of nitrogens with zero attached hydrogens (tertiary/aromatic N) is 4. The molecule has 6 rings (SSSR count). The summed E-state index contributed by atoms with van der Waals surface area (Å²) in [5.74, 6) is -1.63. The fourth-order valence-electron chi connectivity index (χ4n) is 7.92. The molecule has 4 fully saturated rings. The van der Waals surface area contributed by atoms with Crippen LogP contribution in [0, 0.1) is 0 Å². The number of amides is 1. The van der Waals surface area contributed by atoms with Gasteiger partial charge in [0.05, 0.1) is 16.7 Å². The molecule has 1 amide bonds.